The molecule has 2 rings (SSSR count). The lowest BCUT2D eigenvalue weighted by atomic mass is 10.0. The van der Waals surface area contributed by atoms with E-state index in [9.17, 15) is 0 Å². The average Bonchev–Trinajstić information content (AvgIpc) is 2.88. The molecule has 1 unspecified atom stereocenters. The molecule has 1 aromatic heterocycles. The van der Waals surface area contributed by atoms with Crippen LogP contribution in [0.2, 0.25) is 0 Å². The molecule has 0 amide bonds. The summed E-state index contributed by atoms with van der Waals surface area (Å²) in [5.74, 6) is 0. The first kappa shape index (κ1) is 13.2. The topological polar surface area (TPSA) is 42.7 Å². The molecule has 0 saturated carbocycles. The molecule has 18 heavy (non-hydrogen) atoms. The van der Waals surface area contributed by atoms with E-state index in [2.05, 4.69) is 56.7 Å². The van der Waals surface area contributed by atoms with E-state index in [-0.39, 0.29) is 0 Å². The van der Waals surface area contributed by atoms with Gasteiger partial charge in [0.25, 0.3) is 0 Å². The van der Waals surface area contributed by atoms with Crippen molar-refractivity contribution in [1.82, 2.24) is 20.3 Å². The molecule has 1 N–H and O–H groups in total. The van der Waals surface area contributed by atoms with Crippen LogP contribution in [-0.2, 0) is 6.54 Å². The smallest absolute Gasteiger partial charge is 0.0692 e. The molecule has 1 aromatic carbocycles. The molecule has 0 aliphatic rings. The van der Waals surface area contributed by atoms with Crippen molar-refractivity contribution in [3.63, 3.8) is 0 Å². The van der Waals surface area contributed by atoms with E-state index < -0.39 is 0 Å². The van der Waals surface area contributed by atoms with Crippen molar-refractivity contribution in [1.29, 1.82) is 0 Å². The summed E-state index contributed by atoms with van der Waals surface area (Å²) in [4.78, 5) is 0. The average molecular weight is 309 g/mol. The predicted molar refractivity (Wildman–Crippen MR) is 75.2 cm³/mol. The summed E-state index contributed by atoms with van der Waals surface area (Å²) in [5, 5.41) is 11.3. The maximum Gasteiger partial charge on any atom is 0.0692 e. The van der Waals surface area contributed by atoms with Crippen LogP contribution in [0.3, 0.4) is 0 Å². The Morgan fingerprint density at radius 1 is 1.44 bits per heavy atom. The number of nitrogens with one attached hydrogen (secondary N) is 1. The highest BCUT2D eigenvalue weighted by Gasteiger charge is 2.08. The Labute approximate surface area is 116 Å². The Bertz CT molecular complexity index is 470. The van der Waals surface area contributed by atoms with Crippen LogP contribution in [0, 0.1) is 0 Å². The van der Waals surface area contributed by atoms with Crippen molar-refractivity contribution in [2.24, 2.45) is 0 Å². The molecule has 1 heterocycles. The summed E-state index contributed by atoms with van der Waals surface area (Å²) in [7, 11) is 0. The quantitative estimate of drug-likeness (QED) is 0.892. The third-order valence-electron chi connectivity index (χ3n) is 2.86. The molecule has 0 aliphatic carbocycles. The zero-order valence-corrected chi connectivity index (χ0v) is 12.0. The lowest BCUT2D eigenvalue weighted by molar-refractivity contribution is 0.471. The van der Waals surface area contributed by atoms with Crippen molar-refractivity contribution in [2.45, 2.75) is 25.9 Å². The fourth-order valence-corrected chi connectivity index (χ4v) is 2.34. The van der Waals surface area contributed by atoms with Gasteiger partial charge >= 0.3 is 0 Å². The van der Waals surface area contributed by atoms with Crippen molar-refractivity contribution in [3.05, 3.63) is 46.7 Å². The summed E-state index contributed by atoms with van der Waals surface area (Å²) < 4.78 is 2.96. The zero-order chi connectivity index (χ0) is 12.8. The number of rotatable bonds is 6. The van der Waals surface area contributed by atoms with E-state index in [0.29, 0.717) is 6.04 Å². The first-order chi connectivity index (χ1) is 8.79. The van der Waals surface area contributed by atoms with Crippen LogP contribution in [0.15, 0.2) is 41.1 Å². The Hall–Kier alpha value is -1.20. The number of hydrogen-bond acceptors (Lipinski definition) is 3. The van der Waals surface area contributed by atoms with E-state index in [4.69, 9.17) is 0 Å². The molecule has 5 heteroatoms. The van der Waals surface area contributed by atoms with Crippen molar-refractivity contribution in [3.8, 4) is 0 Å². The number of nitrogens with zero attached hydrogens (tertiary/aromatic N) is 3. The Kier molecular flexibility index (Phi) is 4.90. The first-order valence-electron chi connectivity index (χ1n) is 6.12. The molecule has 0 saturated heterocycles. The second-order valence-corrected chi connectivity index (χ2v) is 5.05. The Morgan fingerprint density at radius 2 is 2.33 bits per heavy atom. The second-order valence-electron chi connectivity index (χ2n) is 4.14. The molecule has 96 valence electrons. The second kappa shape index (κ2) is 6.66. The van der Waals surface area contributed by atoms with Crippen molar-refractivity contribution in [2.75, 3.05) is 6.54 Å². The maximum atomic E-state index is 3.94. The molecule has 2 aromatic rings. The van der Waals surface area contributed by atoms with E-state index >= 15 is 0 Å². The highest BCUT2D eigenvalue weighted by Crippen LogP contribution is 2.20. The van der Waals surface area contributed by atoms with E-state index in [0.717, 1.165) is 24.0 Å². The minimum atomic E-state index is 0.381. The molecule has 1 atom stereocenters. The van der Waals surface area contributed by atoms with E-state index in [1.165, 1.54) is 5.56 Å². The lowest BCUT2D eigenvalue weighted by Crippen LogP contribution is -2.25. The fraction of sp³-hybridized carbons (Fsp3) is 0.385. The van der Waals surface area contributed by atoms with Gasteiger partial charge < -0.3 is 5.32 Å². The van der Waals surface area contributed by atoms with Gasteiger partial charge in [-0.1, -0.05) is 40.2 Å². The zero-order valence-electron chi connectivity index (χ0n) is 10.4. The molecule has 4 nitrogen and oxygen atoms in total. The van der Waals surface area contributed by atoms with Crippen molar-refractivity contribution >= 4 is 15.9 Å². The summed E-state index contributed by atoms with van der Waals surface area (Å²) >= 11 is 3.51. The van der Waals surface area contributed by atoms with Gasteiger partial charge in [-0.25, -0.2) is 0 Å². The highest BCUT2D eigenvalue weighted by molar-refractivity contribution is 9.10. The van der Waals surface area contributed by atoms with Gasteiger partial charge in [0.1, 0.15) is 0 Å². The van der Waals surface area contributed by atoms with Crippen LogP contribution < -0.4 is 5.32 Å². The maximum absolute atomic E-state index is 3.94. The van der Waals surface area contributed by atoms with Crippen LogP contribution in [0.5, 0.6) is 0 Å². The number of aromatic nitrogens is 3. The van der Waals surface area contributed by atoms with Gasteiger partial charge in [-0.15, -0.1) is 5.10 Å². The predicted octanol–water partition coefficient (Wildman–Crippen LogP) is 2.78. The van der Waals surface area contributed by atoms with Crippen molar-refractivity contribution < 1.29 is 0 Å². The molecule has 0 radical (unpaired) electrons. The van der Waals surface area contributed by atoms with Gasteiger partial charge in [0.2, 0.25) is 0 Å². The van der Waals surface area contributed by atoms with Crippen LogP contribution in [0.1, 0.15) is 24.9 Å². The van der Waals surface area contributed by atoms with Gasteiger partial charge in [-0.2, -0.15) is 0 Å². The summed E-state index contributed by atoms with van der Waals surface area (Å²) in [6.45, 7) is 3.91. The SMILES string of the molecule is CCC(NCCn1ccnn1)c1cccc(Br)c1. The van der Waals surface area contributed by atoms with Gasteiger partial charge in [0.05, 0.1) is 12.7 Å². The molecule has 0 aliphatic heterocycles. The molecule has 0 fully saturated rings. The summed E-state index contributed by atoms with van der Waals surface area (Å²) in [5.41, 5.74) is 1.31. The van der Waals surface area contributed by atoms with E-state index in [1.54, 1.807) is 6.20 Å². The lowest BCUT2D eigenvalue weighted by Gasteiger charge is -2.17. The largest absolute Gasteiger partial charge is 0.308 e. The number of halogens is 1. The van der Waals surface area contributed by atoms with E-state index in [1.807, 2.05) is 16.9 Å². The third-order valence-corrected chi connectivity index (χ3v) is 3.36. The molecular weight excluding hydrogens is 292 g/mol. The van der Waals surface area contributed by atoms with Crippen LogP contribution >= 0.6 is 15.9 Å². The first-order valence-corrected chi connectivity index (χ1v) is 6.92. The van der Waals surface area contributed by atoms with Gasteiger partial charge in [-0.05, 0) is 24.1 Å². The Balaban J connectivity index is 1.89. The minimum Gasteiger partial charge on any atom is -0.308 e. The normalized spacial score (nSPS) is 12.6. The van der Waals surface area contributed by atoms with Gasteiger partial charge in [0, 0.05) is 23.3 Å². The molecule has 0 bridgehead atoms. The monoisotopic (exact) mass is 308 g/mol. The van der Waals surface area contributed by atoms with Gasteiger partial charge in [0.15, 0.2) is 0 Å². The fourth-order valence-electron chi connectivity index (χ4n) is 1.93. The summed E-state index contributed by atoms with van der Waals surface area (Å²) in [6.07, 6.45) is 4.64. The van der Waals surface area contributed by atoms with Gasteiger partial charge in [-0.3, -0.25) is 4.68 Å². The highest BCUT2D eigenvalue weighted by atomic mass is 79.9. The van der Waals surface area contributed by atoms with Crippen LogP contribution in [0.25, 0.3) is 0 Å². The molecular formula is C13H17BrN4. The standard InChI is InChI=1S/C13H17BrN4/c1-2-13(11-4-3-5-12(14)10-11)15-6-8-18-9-7-16-17-18/h3-5,7,9-10,13,15H,2,6,8H2,1H3. The van der Waals surface area contributed by atoms with Crippen LogP contribution in [0.4, 0.5) is 0 Å². The summed E-state index contributed by atoms with van der Waals surface area (Å²) in [6, 6.07) is 8.82. The van der Waals surface area contributed by atoms with Crippen LogP contribution in [-0.4, -0.2) is 21.5 Å². The Morgan fingerprint density at radius 3 is 3.00 bits per heavy atom. The number of hydrogen-bond donors (Lipinski definition) is 1. The third kappa shape index (κ3) is 3.65. The molecule has 0 spiro atoms. The number of benzene rings is 1. The minimum absolute atomic E-state index is 0.381.